The lowest BCUT2D eigenvalue weighted by Gasteiger charge is -2.27. The summed E-state index contributed by atoms with van der Waals surface area (Å²) < 4.78 is 26.0. The summed E-state index contributed by atoms with van der Waals surface area (Å²) in [6, 6.07) is 0.0228. The number of sulfonamides is 1. The molecular weight excluding hydrogens is 276 g/mol. The summed E-state index contributed by atoms with van der Waals surface area (Å²) in [5.41, 5.74) is 0. The van der Waals surface area contributed by atoms with E-state index in [1.165, 1.54) is 31.8 Å². The molecule has 0 radical (unpaired) electrons. The normalized spacial score (nSPS) is 25.7. The average molecular weight is 300 g/mol. The number of amides is 1. The molecule has 1 saturated carbocycles. The Morgan fingerprint density at radius 2 is 1.90 bits per heavy atom. The lowest BCUT2D eigenvalue weighted by molar-refractivity contribution is -0.129. The average Bonchev–Trinajstić information content (AvgIpc) is 2.59. The molecule has 0 aromatic carbocycles. The van der Waals surface area contributed by atoms with Crippen LogP contribution in [0.2, 0.25) is 0 Å². The van der Waals surface area contributed by atoms with Gasteiger partial charge in [0.25, 0.3) is 0 Å². The van der Waals surface area contributed by atoms with Gasteiger partial charge >= 0.3 is 0 Å². The highest BCUT2D eigenvalue weighted by Crippen LogP contribution is 2.26. The molecule has 2 rings (SSSR count). The van der Waals surface area contributed by atoms with Crippen LogP contribution in [0.1, 0.15) is 44.9 Å². The van der Waals surface area contributed by atoms with Gasteiger partial charge in [0.05, 0.1) is 5.75 Å². The van der Waals surface area contributed by atoms with Gasteiger partial charge in [-0.05, 0) is 12.8 Å². The predicted octanol–water partition coefficient (Wildman–Crippen LogP) is 1.42. The zero-order chi connectivity index (χ0) is 14.6. The van der Waals surface area contributed by atoms with Gasteiger partial charge in [-0.15, -0.1) is 6.58 Å². The van der Waals surface area contributed by atoms with E-state index in [1.807, 2.05) is 4.90 Å². The summed E-state index contributed by atoms with van der Waals surface area (Å²) in [6.07, 6.45) is 8.58. The maximum absolute atomic E-state index is 12.1. The van der Waals surface area contributed by atoms with E-state index in [9.17, 15) is 13.2 Å². The fourth-order valence-electron chi connectivity index (χ4n) is 3.19. The van der Waals surface area contributed by atoms with Crippen LogP contribution in [-0.4, -0.2) is 43.6 Å². The molecule has 1 heterocycles. The van der Waals surface area contributed by atoms with Crippen molar-refractivity contribution >= 4 is 15.9 Å². The number of rotatable bonds is 5. The SMILES string of the molecule is C=CCS(=O)(=O)N[C@H]1CC(=O)N(C2CCCCCC2)C1. The van der Waals surface area contributed by atoms with E-state index in [2.05, 4.69) is 11.3 Å². The smallest absolute Gasteiger partial charge is 0.224 e. The van der Waals surface area contributed by atoms with Crippen molar-refractivity contribution in [3.8, 4) is 0 Å². The van der Waals surface area contributed by atoms with Gasteiger partial charge in [-0.25, -0.2) is 13.1 Å². The molecule has 0 bridgehead atoms. The first-order valence-electron chi connectivity index (χ1n) is 7.42. The summed E-state index contributed by atoms with van der Waals surface area (Å²) in [7, 11) is -3.35. The minimum atomic E-state index is -3.35. The molecule has 1 aliphatic heterocycles. The Labute approximate surface area is 121 Å². The molecule has 114 valence electrons. The molecule has 1 atom stereocenters. The lowest BCUT2D eigenvalue weighted by atomic mass is 10.1. The van der Waals surface area contributed by atoms with E-state index >= 15 is 0 Å². The first-order chi connectivity index (χ1) is 9.52. The number of hydrogen-bond donors (Lipinski definition) is 1. The Kier molecular flexibility index (Phi) is 5.21. The second-order valence-corrected chi connectivity index (χ2v) is 7.58. The molecule has 0 spiro atoms. The van der Waals surface area contributed by atoms with Crippen LogP contribution >= 0.6 is 0 Å². The molecule has 0 unspecified atom stereocenters. The van der Waals surface area contributed by atoms with Crippen LogP contribution in [-0.2, 0) is 14.8 Å². The molecule has 2 aliphatic rings. The zero-order valence-electron chi connectivity index (χ0n) is 11.9. The second-order valence-electron chi connectivity index (χ2n) is 5.78. The molecule has 1 saturated heterocycles. The monoisotopic (exact) mass is 300 g/mol. The van der Waals surface area contributed by atoms with Gasteiger partial charge in [0.2, 0.25) is 15.9 Å². The van der Waals surface area contributed by atoms with Crippen LogP contribution < -0.4 is 4.72 Å². The van der Waals surface area contributed by atoms with Crippen molar-refractivity contribution in [2.24, 2.45) is 0 Å². The van der Waals surface area contributed by atoms with Crippen molar-refractivity contribution in [2.45, 2.75) is 57.0 Å². The first-order valence-corrected chi connectivity index (χ1v) is 9.07. The van der Waals surface area contributed by atoms with Crippen molar-refractivity contribution in [3.63, 3.8) is 0 Å². The van der Waals surface area contributed by atoms with E-state index in [4.69, 9.17) is 0 Å². The Balaban J connectivity index is 1.94. The van der Waals surface area contributed by atoms with Crippen molar-refractivity contribution in [2.75, 3.05) is 12.3 Å². The molecule has 1 aliphatic carbocycles. The summed E-state index contributed by atoms with van der Waals surface area (Å²) in [4.78, 5) is 14.0. The largest absolute Gasteiger partial charge is 0.338 e. The maximum atomic E-state index is 12.1. The van der Waals surface area contributed by atoms with E-state index in [0.717, 1.165) is 12.8 Å². The van der Waals surface area contributed by atoms with Crippen molar-refractivity contribution in [1.29, 1.82) is 0 Å². The van der Waals surface area contributed by atoms with Crippen LogP contribution in [0.15, 0.2) is 12.7 Å². The number of carbonyl (C=O) groups excluding carboxylic acids is 1. The van der Waals surface area contributed by atoms with Crippen LogP contribution in [0, 0.1) is 0 Å². The van der Waals surface area contributed by atoms with Gasteiger partial charge in [0.1, 0.15) is 0 Å². The van der Waals surface area contributed by atoms with Crippen molar-refractivity contribution in [3.05, 3.63) is 12.7 Å². The molecule has 20 heavy (non-hydrogen) atoms. The van der Waals surface area contributed by atoms with Crippen molar-refractivity contribution < 1.29 is 13.2 Å². The van der Waals surface area contributed by atoms with Crippen LogP contribution in [0.4, 0.5) is 0 Å². The highest BCUT2D eigenvalue weighted by atomic mass is 32.2. The van der Waals surface area contributed by atoms with Gasteiger partial charge in [-0.1, -0.05) is 31.8 Å². The van der Waals surface area contributed by atoms with E-state index in [-0.39, 0.29) is 24.1 Å². The molecule has 2 fully saturated rings. The van der Waals surface area contributed by atoms with E-state index in [0.29, 0.717) is 12.6 Å². The summed E-state index contributed by atoms with van der Waals surface area (Å²) in [6.45, 7) is 3.95. The van der Waals surface area contributed by atoms with Gasteiger partial charge < -0.3 is 4.90 Å². The Morgan fingerprint density at radius 3 is 2.50 bits per heavy atom. The maximum Gasteiger partial charge on any atom is 0.224 e. The fraction of sp³-hybridized carbons (Fsp3) is 0.786. The quantitative estimate of drug-likeness (QED) is 0.617. The minimum absolute atomic E-state index is 0.0863. The number of nitrogens with one attached hydrogen (secondary N) is 1. The Bertz CT molecular complexity index is 453. The van der Waals surface area contributed by atoms with Crippen LogP contribution in [0.5, 0.6) is 0 Å². The lowest BCUT2D eigenvalue weighted by Crippen LogP contribution is -2.41. The summed E-state index contributed by atoms with van der Waals surface area (Å²) in [5.74, 6) is -0.00981. The molecule has 5 nitrogen and oxygen atoms in total. The highest BCUT2D eigenvalue weighted by Gasteiger charge is 2.35. The van der Waals surface area contributed by atoms with E-state index in [1.54, 1.807) is 0 Å². The van der Waals surface area contributed by atoms with Gasteiger partial charge in [0.15, 0.2) is 0 Å². The molecule has 0 aromatic rings. The topological polar surface area (TPSA) is 66.5 Å². The third-order valence-corrected chi connectivity index (χ3v) is 5.47. The van der Waals surface area contributed by atoms with E-state index < -0.39 is 10.0 Å². The fourth-order valence-corrected chi connectivity index (χ4v) is 4.26. The highest BCUT2D eigenvalue weighted by molar-refractivity contribution is 7.89. The van der Waals surface area contributed by atoms with Crippen LogP contribution in [0.25, 0.3) is 0 Å². The van der Waals surface area contributed by atoms with Gasteiger partial charge in [0, 0.05) is 25.0 Å². The molecular formula is C14H24N2O3S. The summed E-state index contributed by atoms with van der Waals surface area (Å²) >= 11 is 0. The molecule has 6 heteroatoms. The number of carbonyl (C=O) groups is 1. The Morgan fingerprint density at radius 1 is 1.25 bits per heavy atom. The number of likely N-dealkylation sites (tertiary alicyclic amines) is 1. The second kappa shape index (κ2) is 6.72. The first kappa shape index (κ1) is 15.5. The minimum Gasteiger partial charge on any atom is -0.338 e. The molecule has 0 aromatic heterocycles. The molecule has 1 amide bonds. The number of nitrogens with zero attached hydrogens (tertiary/aromatic N) is 1. The number of hydrogen-bond acceptors (Lipinski definition) is 3. The van der Waals surface area contributed by atoms with Gasteiger partial charge in [-0.3, -0.25) is 4.79 Å². The van der Waals surface area contributed by atoms with Crippen LogP contribution in [0.3, 0.4) is 0 Å². The molecule has 1 N–H and O–H groups in total. The Hall–Kier alpha value is -0.880. The standard InChI is InChI=1S/C14H24N2O3S/c1-2-9-20(18,19)15-12-10-14(17)16(11-12)13-7-5-3-4-6-8-13/h2,12-13,15H,1,3-11H2/t12-/m0/s1. The third-order valence-electron chi connectivity index (χ3n) is 4.11. The predicted molar refractivity (Wildman–Crippen MR) is 78.7 cm³/mol. The summed E-state index contributed by atoms with van der Waals surface area (Å²) in [5, 5.41) is 0. The zero-order valence-corrected chi connectivity index (χ0v) is 12.7. The van der Waals surface area contributed by atoms with Crippen molar-refractivity contribution in [1.82, 2.24) is 9.62 Å². The van der Waals surface area contributed by atoms with Gasteiger partial charge in [-0.2, -0.15) is 0 Å². The third kappa shape index (κ3) is 4.06.